The molecule has 0 radical (unpaired) electrons. The SMILES string of the molecule is CNC[C@H](CC1CCCC1)NC(=O)N1CCCCC1(C)c1cccc(Cl)c1Cl. The quantitative estimate of drug-likeness (QED) is 0.625. The molecular formula is C22H33Cl2N3O. The molecule has 2 fully saturated rings. The molecule has 4 nitrogen and oxygen atoms in total. The van der Waals surface area contributed by atoms with Crippen molar-refractivity contribution >= 4 is 29.2 Å². The maximum atomic E-state index is 13.4. The van der Waals surface area contributed by atoms with Crippen molar-refractivity contribution < 1.29 is 4.79 Å². The van der Waals surface area contributed by atoms with Gasteiger partial charge in [0.1, 0.15) is 0 Å². The van der Waals surface area contributed by atoms with Crippen LogP contribution < -0.4 is 10.6 Å². The molecule has 6 heteroatoms. The molecule has 0 spiro atoms. The third-order valence-electron chi connectivity index (χ3n) is 6.54. The number of likely N-dealkylation sites (N-methyl/N-ethyl adjacent to an activating group) is 1. The van der Waals surface area contributed by atoms with E-state index in [0.717, 1.165) is 50.3 Å². The number of nitrogens with zero attached hydrogens (tertiary/aromatic N) is 1. The van der Waals surface area contributed by atoms with Crippen molar-refractivity contribution in [3.05, 3.63) is 33.8 Å². The number of rotatable bonds is 6. The van der Waals surface area contributed by atoms with Gasteiger partial charge in [-0.25, -0.2) is 4.79 Å². The van der Waals surface area contributed by atoms with Crippen molar-refractivity contribution in [1.82, 2.24) is 15.5 Å². The van der Waals surface area contributed by atoms with E-state index in [9.17, 15) is 4.79 Å². The number of amides is 2. The highest BCUT2D eigenvalue weighted by Gasteiger charge is 2.41. The summed E-state index contributed by atoms with van der Waals surface area (Å²) >= 11 is 12.8. The zero-order valence-corrected chi connectivity index (χ0v) is 18.6. The first-order valence-electron chi connectivity index (χ1n) is 10.6. The molecule has 0 bridgehead atoms. The van der Waals surface area contributed by atoms with Crippen molar-refractivity contribution in [2.45, 2.75) is 69.9 Å². The van der Waals surface area contributed by atoms with E-state index < -0.39 is 5.54 Å². The number of carbonyl (C=O) groups excluding carboxylic acids is 1. The molecule has 28 heavy (non-hydrogen) atoms. The third-order valence-corrected chi connectivity index (χ3v) is 7.36. The summed E-state index contributed by atoms with van der Waals surface area (Å²) in [7, 11) is 1.95. The summed E-state index contributed by atoms with van der Waals surface area (Å²) in [5.74, 6) is 0.730. The second-order valence-electron chi connectivity index (χ2n) is 8.57. The molecule has 1 saturated carbocycles. The lowest BCUT2D eigenvalue weighted by Gasteiger charge is -2.46. The van der Waals surface area contributed by atoms with Gasteiger partial charge in [0.05, 0.1) is 15.6 Å². The van der Waals surface area contributed by atoms with Crippen molar-refractivity contribution in [3.63, 3.8) is 0 Å². The molecule has 2 amide bonds. The van der Waals surface area contributed by atoms with Crippen LogP contribution in [0.3, 0.4) is 0 Å². The van der Waals surface area contributed by atoms with E-state index in [1.807, 2.05) is 24.1 Å². The van der Waals surface area contributed by atoms with Gasteiger partial charge < -0.3 is 15.5 Å². The van der Waals surface area contributed by atoms with Crippen LogP contribution in [0.25, 0.3) is 0 Å². The van der Waals surface area contributed by atoms with Gasteiger partial charge in [-0.1, -0.05) is 61.0 Å². The van der Waals surface area contributed by atoms with Gasteiger partial charge >= 0.3 is 6.03 Å². The summed E-state index contributed by atoms with van der Waals surface area (Å²) in [6, 6.07) is 5.89. The second kappa shape index (κ2) is 9.69. The Morgan fingerprint density at radius 3 is 2.71 bits per heavy atom. The molecule has 1 aliphatic carbocycles. The summed E-state index contributed by atoms with van der Waals surface area (Å²) in [4.78, 5) is 15.3. The van der Waals surface area contributed by atoms with Crippen molar-refractivity contribution in [1.29, 1.82) is 0 Å². The number of benzene rings is 1. The average molecular weight is 426 g/mol. The van der Waals surface area contributed by atoms with E-state index in [1.165, 1.54) is 25.7 Å². The summed E-state index contributed by atoms with van der Waals surface area (Å²) in [5, 5.41) is 7.67. The number of hydrogen-bond donors (Lipinski definition) is 2. The summed E-state index contributed by atoms with van der Waals surface area (Å²) < 4.78 is 0. The minimum absolute atomic E-state index is 0.0106. The van der Waals surface area contributed by atoms with Crippen molar-refractivity contribution in [3.8, 4) is 0 Å². The molecule has 1 aliphatic heterocycles. The number of nitrogens with one attached hydrogen (secondary N) is 2. The van der Waals surface area contributed by atoms with Gasteiger partial charge in [0, 0.05) is 19.1 Å². The van der Waals surface area contributed by atoms with Crippen LogP contribution in [0.5, 0.6) is 0 Å². The van der Waals surface area contributed by atoms with Gasteiger partial charge in [0.15, 0.2) is 0 Å². The Balaban J connectivity index is 1.78. The van der Waals surface area contributed by atoms with Crippen molar-refractivity contribution in [2.24, 2.45) is 5.92 Å². The predicted octanol–water partition coefficient (Wildman–Crippen LogP) is 5.57. The number of piperidine rings is 1. The van der Waals surface area contributed by atoms with Gasteiger partial charge in [-0.3, -0.25) is 0 Å². The van der Waals surface area contributed by atoms with Gasteiger partial charge in [0.2, 0.25) is 0 Å². The molecule has 1 aromatic carbocycles. The molecule has 156 valence electrons. The number of halogens is 2. The third kappa shape index (κ3) is 4.77. The van der Waals surface area contributed by atoms with Crippen LogP contribution in [-0.4, -0.2) is 37.1 Å². The molecule has 1 aromatic rings. The van der Waals surface area contributed by atoms with Crippen LogP contribution in [0.15, 0.2) is 18.2 Å². The Hall–Kier alpha value is -0.970. The van der Waals surface area contributed by atoms with Gasteiger partial charge in [0.25, 0.3) is 0 Å². The number of urea groups is 1. The Morgan fingerprint density at radius 2 is 2.00 bits per heavy atom. The van der Waals surface area contributed by atoms with Crippen molar-refractivity contribution in [2.75, 3.05) is 20.1 Å². The number of hydrogen-bond acceptors (Lipinski definition) is 2. The predicted molar refractivity (Wildman–Crippen MR) is 117 cm³/mol. The maximum Gasteiger partial charge on any atom is 0.318 e. The Morgan fingerprint density at radius 1 is 1.25 bits per heavy atom. The summed E-state index contributed by atoms with van der Waals surface area (Å²) in [5.41, 5.74) is 0.500. The van der Waals surface area contributed by atoms with Gasteiger partial charge in [-0.2, -0.15) is 0 Å². The largest absolute Gasteiger partial charge is 0.334 e. The summed E-state index contributed by atoms with van der Waals surface area (Å²) in [6.07, 6.45) is 9.25. The second-order valence-corrected chi connectivity index (χ2v) is 9.36. The zero-order chi connectivity index (χ0) is 20.1. The topological polar surface area (TPSA) is 44.4 Å². The first-order valence-corrected chi connectivity index (χ1v) is 11.4. The maximum absolute atomic E-state index is 13.4. The molecule has 3 rings (SSSR count). The highest BCUT2D eigenvalue weighted by Crippen LogP contribution is 2.42. The van der Waals surface area contributed by atoms with Crippen LogP contribution in [0.1, 0.15) is 63.9 Å². The van der Waals surface area contributed by atoms with Crippen LogP contribution in [-0.2, 0) is 5.54 Å². The lowest BCUT2D eigenvalue weighted by Crippen LogP contribution is -2.57. The van der Waals surface area contributed by atoms with E-state index in [2.05, 4.69) is 17.6 Å². The van der Waals surface area contributed by atoms with Gasteiger partial charge in [-0.05, 0) is 57.2 Å². The zero-order valence-electron chi connectivity index (χ0n) is 17.1. The van der Waals surface area contributed by atoms with E-state index >= 15 is 0 Å². The highest BCUT2D eigenvalue weighted by molar-refractivity contribution is 6.42. The fourth-order valence-corrected chi connectivity index (χ4v) is 5.49. The molecule has 1 saturated heterocycles. The standard InChI is InChI=1S/C22H33Cl2N3O/c1-22(18-10-7-11-19(23)20(18)24)12-5-6-13-27(22)21(28)26-17(15-25-2)14-16-8-3-4-9-16/h7,10-11,16-17,25H,3-6,8-9,12-15H2,1-2H3,(H,26,28)/t17-,22?/m0/s1. The average Bonchev–Trinajstić information content (AvgIpc) is 3.17. The van der Waals surface area contributed by atoms with Crippen LogP contribution >= 0.6 is 23.2 Å². The Bertz CT molecular complexity index is 678. The van der Waals surface area contributed by atoms with E-state index in [1.54, 1.807) is 6.07 Å². The normalized spacial score (nSPS) is 24.4. The van der Waals surface area contributed by atoms with Crippen LogP contribution in [0.4, 0.5) is 4.79 Å². The fourth-order valence-electron chi connectivity index (χ4n) is 4.99. The molecule has 2 aliphatic rings. The smallest absolute Gasteiger partial charge is 0.318 e. The lowest BCUT2D eigenvalue weighted by molar-refractivity contribution is 0.0853. The minimum atomic E-state index is -0.443. The van der Waals surface area contributed by atoms with E-state index in [-0.39, 0.29) is 12.1 Å². The van der Waals surface area contributed by atoms with Gasteiger partial charge in [-0.15, -0.1) is 0 Å². The fraction of sp³-hybridized carbons (Fsp3) is 0.682. The minimum Gasteiger partial charge on any atom is -0.334 e. The summed E-state index contributed by atoms with van der Waals surface area (Å²) in [6.45, 7) is 3.65. The van der Waals surface area contributed by atoms with E-state index in [4.69, 9.17) is 23.2 Å². The van der Waals surface area contributed by atoms with E-state index in [0.29, 0.717) is 10.0 Å². The molecule has 0 aromatic heterocycles. The monoisotopic (exact) mass is 425 g/mol. The molecule has 1 unspecified atom stereocenters. The first-order chi connectivity index (χ1) is 13.5. The van der Waals surface area contributed by atoms with Crippen LogP contribution in [0.2, 0.25) is 10.0 Å². The first kappa shape index (κ1) is 21.7. The molecular weight excluding hydrogens is 393 g/mol. The van der Waals surface area contributed by atoms with Crippen LogP contribution in [0, 0.1) is 5.92 Å². The molecule has 2 N–H and O–H groups in total. The Labute approximate surface area is 179 Å². The molecule has 2 atom stereocenters. The molecule has 1 heterocycles. The lowest BCUT2D eigenvalue weighted by atomic mass is 9.82. The number of carbonyl (C=O) groups is 1. The Kier molecular flexibility index (Phi) is 7.52. The number of likely N-dealkylation sites (tertiary alicyclic amines) is 1. The highest BCUT2D eigenvalue weighted by atomic mass is 35.5.